The Kier molecular flexibility index (Phi) is 4.66. The molecule has 8 heteroatoms. The van der Waals surface area contributed by atoms with Gasteiger partial charge in [0.25, 0.3) is 0 Å². The van der Waals surface area contributed by atoms with Crippen molar-refractivity contribution in [2.45, 2.75) is 38.5 Å². The summed E-state index contributed by atoms with van der Waals surface area (Å²) in [7, 11) is 0. The summed E-state index contributed by atoms with van der Waals surface area (Å²) in [4.78, 5) is 12.2. The third kappa shape index (κ3) is 3.32. The molecule has 0 aliphatic carbocycles. The highest BCUT2D eigenvalue weighted by Gasteiger charge is 2.20. The SMILES string of the molecule is Nc1ccccc1CNc1nc(F)nc2c1ncn2C1CCCCCO1. The number of nitrogens with one attached hydrogen (secondary N) is 1. The minimum Gasteiger partial charge on any atom is -0.398 e. The van der Waals surface area contributed by atoms with Crippen molar-refractivity contribution < 1.29 is 9.13 Å². The number of fused-ring (bicyclic) bond motifs is 1. The zero-order chi connectivity index (χ0) is 17.9. The molecule has 3 heterocycles. The monoisotopic (exact) mass is 356 g/mol. The first-order valence-corrected chi connectivity index (χ1v) is 8.81. The van der Waals surface area contributed by atoms with Crippen LogP contribution in [0.3, 0.4) is 0 Å². The van der Waals surface area contributed by atoms with E-state index in [1.54, 1.807) is 10.9 Å². The van der Waals surface area contributed by atoms with Crippen LogP contribution in [-0.4, -0.2) is 26.1 Å². The fraction of sp³-hybridized carbons (Fsp3) is 0.389. The number of ether oxygens (including phenoxy) is 1. The van der Waals surface area contributed by atoms with Crippen LogP contribution < -0.4 is 11.1 Å². The molecule has 0 amide bonds. The molecule has 136 valence electrons. The van der Waals surface area contributed by atoms with Gasteiger partial charge in [0.15, 0.2) is 17.0 Å². The maximum Gasteiger partial charge on any atom is 0.312 e. The number of anilines is 2. The van der Waals surface area contributed by atoms with E-state index in [1.165, 1.54) is 0 Å². The number of rotatable bonds is 4. The fourth-order valence-corrected chi connectivity index (χ4v) is 3.22. The van der Waals surface area contributed by atoms with Crippen LogP contribution in [0.15, 0.2) is 30.6 Å². The summed E-state index contributed by atoms with van der Waals surface area (Å²) in [6, 6.07) is 7.51. The Morgan fingerprint density at radius 2 is 2.12 bits per heavy atom. The normalized spacial score (nSPS) is 18.0. The number of nitrogens with two attached hydrogens (primary N) is 1. The second-order valence-corrected chi connectivity index (χ2v) is 6.39. The van der Waals surface area contributed by atoms with Gasteiger partial charge in [-0.2, -0.15) is 14.4 Å². The van der Waals surface area contributed by atoms with E-state index in [0.29, 0.717) is 35.8 Å². The lowest BCUT2D eigenvalue weighted by Crippen LogP contribution is -2.12. The van der Waals surface area contributed by atoms with Crippen LogP contribution in [0.25, 0.3) is 11.2 Å². The van der Waals surface area contributed by atoms with Crippen LogP contribution in [0.5, 0.6) is 0 Å². The first-order chi connectivity index (χ1) is 12.7. The summed E-state index contributed by atoms with van der Waals surface area (Å²) in [5.41, 5.74) is 8.50. The highest BCUT2D eigenvalue weighted by atomic mass is 19.1. The summed E-state index contributed by atoms with van der Waals surface area (Å²) in [5, 5.41) is 3.13. The van der Waals surface area contributed by atoms with Gasteiger partial charge in [0.05, 0.1) is 6.33 Å². The number of hydrogen-bond donors (Lipinski definition) is 2. The van der Waals surface area contributed by atoms with Gasteiger partial charge in [-0.05, 0) is 30.9 Å². The molecule has 1 unspecified atom stereocenters. The number of para-hydroxylation sites is 1. The lowest BCUT2D eigenvalue weighted by atomic mass is 10.2. The predicted octanol–water partition coefficient (Wildman–Crippen LogP) is 3.25. The van der Waals surface area contributed by atoms with E-state index >= 15 is 0 Å². The predicted molar refractivity (Wildman–Crippen MR) is 96.9 cm³/mol. The van der Waals surface area contributed by atoms with Crippen molar-refractivity contribution in [1.82, 2.24) is 19.5 Å². The molecule has 0 saturated carbocycles. The Bertz CT molecular complexity index is 904. The smallest absolute Gasteiger partial charge is 0.312 e. The van der Waals surface area contributed by atoms with Crippen LogP contribution >= 0.6 is 0 Å². The van der Waals surface area contributed by atoms with Gasteiger partial charge in [-0.3, -0.25) is 4.57 Å². The molecule has 3 aromatic rings. The molecule has 0 bridgehead atoms. The van der Waals surface area contributed by atoms with Gasteiger partial charge in [-0.15, -0.1) is 0 Å². The number of imidazole rings is 1. The Morgan fingerprint density at radius 1 is 1.23 bits per heavy atom. The van der Waals surface area contributed by atoms with Crippen LogP contribution in [0.1, 0.15) is 37.5 Å². The molecule has 1 aliphatic heterocycles. The molecule has 1 fully saturated rings. The zero-order valence-electron chi connectivity index (χ0n) is 14.4. The van der Waals surface area contributed by atoms with E-state index < -0.39 is 6.08 Å². The van der Waals surface area contributed by atoms with Gasteiger partial charge >= 0.3 is 6.08 Å². The highest BCUT2D eigenvalue weighted by Crippen LogP contribution is 2.27. The van der Waals surface area contributed by atoms with E-state index in [1.807, 2.05) is 24.3 Å². The number of halogens is 1. The van der Waals surface area contributed by atoms with Crippen molar-refractivity contribution in [2.24, 2.45) is 0 Å². The number of nitrogens with zero attached hydrogens (tertiary/aromatic N) is 4. The minimum atomic E-state index is -0.795. The molecule has 3 N–H and O–H groups in total. The second-order valence-electron chi connectivity index (χ2n) is 6.39. The molecule has 1 atom stereocenters. The zero-order valence-corrected chi connectivity index (χ0v) is 14.4. The van der Waals surface area contributed by atoms with Crippen LogP contribution in [0, 0.1) is 6.08 Å². The molecule has 1 aliphatic rings. The van der Waals surface area contributed by atoms with Crippen molar-refractivity contribution in [3.05, 3.63) is 42.2 Å². The molecule has 0 spiro atoms. The van der Waals surface area contributed by atoms with Crippen molar-refractivity contribution in [3.63, 3.8) is 0 Å². The maximum atomic E-state index is 14.0. The van der Waals surface area contributed by atoms with Crippen LogP contribution in [0.2, 0.25) is 0 Å². The molecule has 26 heavy (non-hydrogen) atoms. The summed E-state index contributed by atoms with van der Waals surface area (Å²) in [6.07, 6.45) is 4.79. The highest BCUT2D eigenvalue weighted by molar-refractivity contribution is 5.82. The summed E-state index contributed by atoms with van der Waals surface area (Å²) >= 11 is 0. The van der Waals surface area contributed by atoms with Gasteiger partial charge in [0, 0.05) is 18.8 Å². The van der Waals surface area contributed by atoms with Crippen molar-refractivity contribution in [2.75, 3.05) is 17.7 Å². The maximum absolute atomic E-state index is 14.0. The molecular formula is C18H21FN6O. The molecule has 2 aromatic heterocycles. The summed E-state index contributed by atoms with van der Waals surface area (Å²) in [6.45, 7) is 1.11. The van der Waals surface area contributed by atoms with Gasteiger partial charge in [-0.1, -0.05) is 24.6 Å². The Morgan fingerprint density at radius 3 is 3.00 bits per heavy atom. The van der Waals surface area contributed by atoms with Crippen molar-refractivity contribution in [1.29, 1.82) is 0 Å². The fourth-order valence-electron chi connectivity index (χ4n) is 3.22. The van der Waals surface area contributed by atoms with Crippen molar-refractivity contribution >= 4 is 22.7 Å². The average molecular weight is 356 g/mol. The number of hydrogen-bond acceptors (Lipinski definition) is 6. The molecule has 4 rings (SSSR count). The molecule has 1 aromatic carbocycles. The van der Waals surface area contributed by atoms with Crippen molar-refractivity contribution in [3.8, 4) is 0 Å². The van der Waals surface area contributed by atoms with Gasteiger partial charge in [0.1, 0.15) is 6.23 Å². The van der Waals surface area contributed by atoms with E-state index in [-0.39, 0.29) is 6.23 Å². The Hall–Kier alpha value is -2.74. The average Bonchev–Trinajstić information content (AvgIpc) is 2.87. The van der Waals surface area contributed by atoms with E-state index in [9.17, 15) is 4.39 Å². The molecule has 7 nitrogen and oxygen atoms in total. The van der Waals surface area contributed by atoms with E-state index in [2.05, 4.69) is 20.3 Å². The Labute approximate surface area is 150 Å². The standard InChI is InChI=1S/C18H21FN6O/c19-18-23-16(21-10-12-6-3-4-7-13(12)20)15-17(24-18)25(11-22-15)14-8-2-1-5-9-26-14/h3-4,6-7,11,14H,1-2,5,8-10,20H2,(H,21,23,24). The number of benzene rings is 1. The molecule has 1 saturated heterocycles. The van der Waals surface area contributed by atoms with Crippen LogP contribution in [0.4, 0.5) is 15.9 Å². The van der Waals surface area contributed by atoms with Gasteiger partial charge in [0.2, 0.25) is 0 Å². The lowest BCUT2D eigenvalue weighted by molar-refractivity contribution is 0.00928. The second kappa shape index (κ2) is 7.25. The minimum absolute atomic E-state index is 0.172. The summed E-state index contributed by atoms with van der Waals surface area (Å²) < 4.78 is 21.7. The largest absolute Gasteiger partial charge is 0.398 e. The summed E-state index contributed by atoms with van der Waals surface area (Å²) in [5.74, 6) is 0.350. The first kappa shape index (κ1) is 16.7. The quantitative estimate of drug-likeness (QED) is 0.551. The van der Waals surface area contributed by atoms with Gasteiger partial charge in [-0.25, -0.2) is 4.98 Å². The number of aromatic nitrogens is 4. The third-order valence-electron chi connectivity index (χ3n) is 4.61. The Balaban J connectivity index is 1.64. The van der Waals surface area contributed by atoms with Crippen LogP contribution in [-0.2, 0) is 11.3 Å². The lowest BCUT2D eigenvalue weighted by Gasteiger charge is -2.17. The molecular weight excluding hydrogens is 335 g/mol. The topological polar surface area (TPSA) is 90.9 Å². The van der Waals surface area contributed by atoms with E-state index in [4.69, 9.17) is 10.5 Å². The van der Waals surface area contributed by atoms with Gasteiger partial charge < -0.3 is 15.8 Å². The van der Waals surface area contributed by atoms with E-state index in [0.717, 1.165) is 31.2 Å². The number of nitrogen functional groups attached to an aromatic ring is 1. The molecule has 0 radical (unpaired) electrons. The first-order valence-electron chi connectivity index (χ1n) is 8.81. The third-order valence-corrected chi connectivity index (χ3v) is 4.61.